The summed E-state index contributed by atoms with van der Waals surface area (Å²) in [4.78, 5) is 13.1. The number of nitrogens with zero attached hydrogens (tertiary/aromatic N) is 4. The first kappa shape index (κ1) is 15.6. The number of hydrogen-bond acceptors (Lipinski definition) is 6. The fourth-order valence-electron chi connectivity index (χ4n) is 3.42. The zero-order valence-electron chi connectivity index (χ0n) is 13.5. The van der Waals surface area contributed by atoms with E-state index in [0.29, 0.717) is 5.92 Å². The number of aliphatic hydroxyl groups is 1. The summed E-state index contributed by atoms with van der Waals surface area (Å²) in [5.41, 5.74) is 0.506. The third-order valence-electron chi connectivity index (χ3n) is 4.65. The fourth-order valence-corrected chi connectivity index (χ4v) is 3.42. The van der Waals surface area contributed by atoms with Crippen LogP contribution < -0.4 is 4.90 Å². The average molecular weight is 306 g/mol. The summed E-state index contributed by atoms with van der Waals surface area (Å²) in [5, 5.41) is 10.6. The maximum atomic E-state index is 10.6. The van der Waals surface area contributed by atoms with E-state index in [1.807, 2.05) is 14.1 Å². The van der Waals surface area contributed by atoms with Crippen molar-refractivity contribution >= 4 is 5.82 Å². The lowest BCUT2D eigenvalue weighted by atomic mass is 9.91. The van der Waals surface area contributed by atoms with Gasteiger partial charge in [0.25, 0.3) is 0 Å². The van der Waals surface area contributed by atoms with Crippen molar-refractivity contribution < 1.29 is 9.84 Å². The van der Waals surface area contributed by atoms with Crippen molar-refractivity contribution in [1.29, 1.82) is 0 Å². The van der Waals surface area contributed by atoms with Crippen LogP contribution in [0.5, 0.6) is 0 Å². The molecule has 0 radical (unpaired) electrons. The predicted molar refractivity (Wildman–Crippen MR) is 85.2 cm³/mol. The SMILES string of the molecule is CN(C)CC1(O)CCN(c2cc([C@@H]3CCOC3)ncn2)CC1. The lowest BCUT2D eigenvalue weighted by Crippen LogP contribution is -2.49. The molecule has 2 aliphatic heterocycles. The Morgan fingerprint density at radius 1 is 1.36 bits per heavy atom. The summed E-state index contributed by atoms with van der Waals surface area (Å²) < 4.78 is 5.45. The molecule has 1 aromatic rings. The number of piperidine rings is 1. The van der Waals surface area contributed by atoms with Crippen LogP contribution in [0.1, 0.15) is 30.9 Å². The minimum Gasteiger partial charge on any atom is -0.388 e. The van der Waals surface area contributed by atoms with Gasteiger partial charge in [0.1, 0.15) is 12.1 Å². The summed E-state index contributed by atoms with van der Waals surface area (Å²) >= 11 is 0. The molecule has 6 heteroatoms. The molecule has 3 heterocycles. The molecule has 1 N–H and O–H groups in total. The Bertz CT molecular complexity index is 495. The van der Waals surface area contributed by atoms with Crippen LogP contribution in [-0.4, -0.2) is 72.5 Å². The molecule has 0 spiro atoms. The average Bonchev–Trinajstić information content (AvgIpc) is 3.01. The van der Waals surface area contributed by atoms with E-state index in [9.17, 15) is 5.11 Å². The van der Waals surface area contributed by atoms with Gasteiger partial charge in [-0.15, -0.1) is 0 Å². The highest BCUT2D eigenvalue weighted by molar-refractivity contribution is 5.40. The van der Waals surface area contributed by atoms with E-state index in [1.165, 1.54) is 0 Å². The Hall–Kier alpha value is -1.24. The molecule has 0 bridgehead atoms. The van der Waals surface area contributed by atoms with Crippen molar-refractivity contribution in [3.8, 4) is 0 Å². The quantitative estimate of drug-likeness (QED) is 0.891. The van der Waals surface area contributed by atoms with Gasteiger partial charge in [0, 0.05) is 38.2 Å². The van der Waals surface area contributed by atoms with Gasteiger partial charge in [-0.3, -0.25) is 0 Å². The predicted octanol–water partition coefficient (Wildman–Crippen LogP) is 0.873. The van der Waals surface area contributed by atoms with E-state index >= 15 is 0 Å². The maximum Gasteiger partial charge on any atom is 0.132 e. The Morgan fingerprint density at radius 3 is 2.77 bits per heavy atom. The number of anilines is 1. The van der Waals surface area contributed by atoms with Crippen molar-refractivity contribution in [3.05, 3.63) is 18.1 Å². The van der Waals surface area contributed by atoms with Crippen LogP contribution >= 0.6 is 0 Å². The first-order valence-corrected chi connectivity index (χ1v) is 8.07. The number of ether oxygens (including phenoxy) is 1. The molecular formula is C16H26N4O2. The van der Waals surface area contributed by atoms with E-state index in [4.69, 9.17) is 4.74 Å². The van der Waals surface area contributed by atoms with Crippen LogP contribution in [0.2, 0.25) is 0 Å². The van der Waals surface area contributed by atoms with Gasteiger partial charge >= 0.3 is 0 Å². The van der Waals surface area contributed by atoms with E-state index in [-0.39, 0.29) is 0 Å². The van der Waals surface area contributed by atoms with E-state index in [2.05, 4.69) is 25.8 Å². The summed E-state index contributed by atoms with van der Waals surface area (Å²) in [6.07, 6.45) is 4.25. The summed E-state index contributed by atoms with van der Waals surface area (Å²) in [6, 6.07) is 2.09. The highest BCUT2D eigenvalue weighted by atomic mass is 16.5. The van der Waals surface area contributed by atoms with Crippen LogP contribution in [0.3, 0.4) is 0 Å². The number of likely N-dealkylation sites (N-methyl/N-ethyl adjacent to an activating group) is 1. The second kappa shape index (κ2) is 6.48. The van der Waals surface area contributed by atoms with Gasteiger partial charge in [0.05, 0.1) is 17.9 Å². The minimum absolute atomic E-state index is 0.400. The second-order valence-electron chi connectivity index (χ2n) is 6.81. The van der Waals surface area contributed by atoms with Crippen LogP contribution in [-0.2, 0) is 4.74 Å². The molecule has 2 saturated heterocycles. The Balaban J connectivity index is 1.65. The Kier molecular flexibility index (Phi) is 4.61. The number of hydrogen-bond donors (Lipinski definition) is 1. The summed E-state index contributed by atoms with van der Waals surface area (Å²) in [5.74, 6) is 1.38. The molecule has 0 amide bonds. The zero-order chi connectivity index (χ0) is 15.6. The van der Waals surface area contributed by atoms with Crippen molar-refractivity contribution in [1.82, 2.24) is 14.9 Å². The largest absolute Gasteiger partial charge is 0.388 e. The second-order valence-corrected chi connectivity index (χ2v) is 6.81. The molecule has 1 atom stereocenters. The Morgan fingerprint density at radius 2 is 2.14 bits per heavy atom. The molecule has 2 aliphatic rings. The zero-order valence-corrected chi connectivity index (χ0v) is 13.5. The normalized spacial score (nSPS) is 24.9. The molecule has 6 nitrogen and oxygen atoms in total. The van der Waals surface area contributed by atoms with Crippen LogP contribution in [0.15, 0.2) is 12.4 Å². The molecular weight excluding hydrogens is 280 g/mol. The van der Waals surface area contributed by atoms with Gasteiger partial charge in [-0.25, -0.2) is 9.97 Å². The highest BCUT2D eigenvalue weighted by Gasteiger charge is 2.33. The van der Waals surface area contributed by atoms with Gasteiger partial charge in [-0.05, 0) is 33.4 Å². The minimum atomic E-state index is -0.574. The molecule has 22 heavy (non-hydrogen) atoms. The smallest absolute Gasteiger partial charge is 0.132 e. The third kappa shape index (κ3) is 3.56. The first-order valence-electron chi connectivity index (χ1n) is 8.07. The topological polar surface area (TPSA) is 61.7 Å². The molecule has 0 aromatic carbocycles. The Labute approximate surface area is 132 Å². The summed E-state index contributed by atoms with van der Waals surface area (Å²) in [7, 11) is 4.01. The van der Waals surface area contributed by atoms with Crippen LogP contribution in [0.25, 0.3) is 0 Å². The van der Waals surface area contributed by atoms with E-state index in [1.54, 1.807) is 6.33 Å². The standard InChI is InChI=1S/C16H26N4O2/c1-19(2)11-16(21)4-6-20(7-5-16)15-9-14(17-12-18-15)13-3-8-22-10-13/h9,12-13,21H,3-8,10-11H2,1-2H3/t13-/m1/s1. The molecule has 1 aromatic heterocycles. The van der Waals surface area contributed by atoms with E-state index < -0.39 is 5.60 Å². The number of rotatable bonds is 4. The third-order valence-corrected chi connectivity index (χ3v) is 4.65. The molecule has 0 aliphatic carbocycles. The van der Waals surface area contributed by atoms with Gasteiger partial charge < -0.3 is 19.6 Å². The fraction of sp³-hybridized carbons (Fsp3) is 0.750. The van der Waals surface area contributed by atoms with Crippen molar-refractivity contribution in [2.75, 3.05) is 51.8 Å². The number of aromatic nitrogens is 2. The molecule has 3 rings (SSSR count). The highest BCUT2D eigenvalue weighted by Crippen LogP contribution is 2.28. The van der Waals surface area contributed by atoms with E-state index in [0.717, 1.165) is 63.6 Å². The van der Waals surface area contributed by atoms with Gasteiger partial charge in [-0.1, -0.05) is 0 Å². The molecule has 122 valence electrons. The molecule has 0 unspecified atom stereocenters. The van der Waals surface area contributed by atoms with Crippen molar-refractivity contribution in [3.63, 3.8) is 0 Å². The van der Waals surface area contributed by atoms with Crippen LogP contribution in [0, 0.1) is 0 Å². The van der Waals surface area contributed by atoms with Gasteiger partial charge in [-0.2, -0.15) is 0 Å². The maximum absolute atomic E-state index is 10.6. The lowest BCUT2D eigenvalue weighted by molar-refractivity contribution is -0.00547. The summed E-state index contributed by atoms with van der Waals surface area (Å²) in [6.45, 7) is 3.98. The van der Waals surface area contributed by atoms with Gasteiger partial charge in [0.15, 0.2) is 0 Å². The monoisotopic (exact) mass is 306 g/mol. The lowest BCUT2D eigenvalue weighted by Gasteiger charge is -2.40. The van der Waals surface area contributed by atoms with Crippen molar-refractivity contribution in [2.45, 2.75) is 30.8 Å². The van der Waals surface area contributed by atoms with Crippen LogP contribution in [0.4, 0.5) is 5.82 Å². The van der Waals surface area contributed by atoms with Gasteiger partial charge in [0.2, 0.25) is 0 Å². The molecule has 0 saturated carbocycles. The van der Waals surface area contributed by atoms with Crippen molar-refractivity contribution in [2.24, 2.45) is 0 Å². The first-order chi connectivity index (χ1) is 10.6. The molecule has 2 fully saturated rings.